The van der Waals surface area contributed by atoms with Gasteiger partial charge in [-0.05, 0) is 37.1 Å². The monoisotopic (exact) mass is 268 g/mol. The topological polar surface area (TPSA) is 17.1 Å². The zero-order valence-corrected chi connectivity index (χ0v) is 11.9. The van der Waals surface area contributed by atoms with Crippen LogP contribution in [0.5, 0.6) is 0 Å². The van der Waals surface area contributed by atoms with Gasteiger partial charge in [0.05, 0.1) is 0 Å². The van der Waals surface area contributed by atoms with Crippen molar-refractivity contribution in [2.45, 2.75) is 13.8 Å². The minimum Gasteiger partial charge on any atom is -0.298 e. The smallest absolute Gasteiger partial charge is 0.150 e. The molecular formula is C17H16OS. The number of hydrogen-bond donors (Lipinski definition) is 0. The molecule has 0 saturated heterocycles. The van der Waals surface area contributed by atoms with Gasteiger partial charge in [-0.25, -0.2) is 0 Å². The van der Waals surface area contributed by atoms with Crippen LogP contribution in [0.4, 0.5) is 0 Å². The summed E-state index contributed by atoms with van der Waals surface area (Å²) in [6.45, 7) is 4.27. The predicted octanol–water partition coefficient (Wildman–Crippen LogP) is 4.90. The second-order valence-electron chi connectivity index (χ2n) is 4.39. The third-order valence-corrected chi connectivity index (χ3v) is 4.04. The molecule has 0 aliphatic heterocycles. The lowest BCUT2D eigenvalue weighted by atomic mass is 10.1. The van der Waals surface area contributed by atoms with E-state index >= 15 is 0 Å². The molecule has 96 valence electrons. The van der Waals surface area contributed by atoms with Crippen LogP contribution in [0.25, 0.3) is 12.2 Å². The van der Waals surface area contributed by atoms with E-state index in [9.17, 15) is 4.79 Å². The minimum absolute atomic E-state index is 0.706. The average molecular weight is 268 g/mol. The van der Waals surface area contributed by atoms with Gasteiger partial charge in [0, 0.05) is 15.3 Å². The molecule has 0 fully saturated rings. The maximum atomic E-state index is 10.5. The highest BCUT2D eigenvalue weighted by Crippen LogP contribution is 2.21. The van der Waals surface area contributed by atoms with E-state index in [-0.39, 0.29) is 0 Å². The van der Waals surface area contributed by atoms with E-state index < -0.39 is 0 Å². The second kappa shape index (κ2) is 6.30. The van der Waals surface area contributed by atoms with Crippen molar-refractivity contribution < 1.29 is 4.79 Å². The number of rotatable bonds is 4. The Kier molecular flexibility index (Phi) is 4.48. The van der Waals surface area contributed by atoms with Crippen molar-refractivity contribution in [2.24, 2.45) is 0 Å². The van der Waals surface area contributed by atoms with E-state index in [1.54, 1.807) is 11.3 Å². The number of allylic oxidation sites excluding steroid dienone is 2. The first kappa shape index (κ1) is 13.5. The maximum absolute atomic E-state index is 10.5. The molecule has 0 atom stereocenters. The highest BCUT2D eigenvalue weighted by atomic mass is 32.1. The molecule has 0 bridgehead atoms. The average Bonchev–Trinajstić information content (AvgIpc) is 2.74. The van der Waals surface area contributed by atoms with Crippen LogP contribution in [0.1, 0.15) is 31.2 Å². The first-order valence-corrected chi connectivity index (χ1v) is 6.98. The Bertz CT molecular complexity index is 596. The number of thiophene rings is 1. The first-order chi connectivity index (χ1) is 9.19. The number of hydrogen-bond acceptors (Lipinski definition) is 2. The molecule has 2 heteroatoms. The molecule has 1 nitrogen and oxygen atoms in total. The Morgan fingerprint density at radius 3 is 2.16 bits per heavy atom. The van der Waals surface area contributed by atoms with Crippen molar-refractivity contribution in [1.82, 2.24) is 0 Å². The van der Waals surface area contributed by atoms with Crippen molar-refractivity contribution in [3.8, 4) is 0 Å². The van der Waals surface area contributed by atoms with E-state index in [1.807, 2.05) is 42.5 Å². The first-order valence-electron chi connectivity index (χ1n) is 6.16. The van der Waals surface area contributed by atoms with Gasteiger partial charge in [-0.3, -0.25) is 4.79 Å². The molecule has 0 spiro atoms. The van der Waals surface area contributed by atoms with Crippen LogP contribution in [-0.4, -0.2) is 6.29 Å². The summed E-state index contributed by atoms with van der Waals surface area (Å²) in [6.07, 6.45) is 9.05. The second-order valence-corrected chi connectivity index (χ2v) is 5.68. The normalized spacial score (nSPS) is 11.5. The fraction of sp³-hybridized carbons (Fsp3) is 0.118. The van der Waals surface area contributed by atoms with Crippen LogP contribution < -0.4 is 0 Å². The summed E-state index contributed by atoms with van der Waals surface area (Å²) in [5.41, 5.74) is 3.14. The van der Waals surface area contributed by atoms with E-state index in [0.29, 0.717) is 5.56 Å². The molecule has 2 aromatic rings. The molecular weight excluding hydrogens is 252 g/mol. The molecule has 0 aliphatic carbocycles. The number of carbonyl (C=O) groups is 1. The molecule has 0 radical (unpaired) electrons. The Labute approximate surface area is 117 Å². The van der Waals surface area contributed by atoms with E-state index in [2.05, 4.69) is 26.0 Å². The summed E-state index contributed by atoms with van der Waals surface area (Å²) in [5.74, 6) is 0. The summed E-state index contributed by atoms with van der Waals surface area (Å²) >= 11 is 1.81. The highest BCUT2D eigenvalue weighted by molar-refractivity contribution is 7.13. The zero-order chi connectivity index (χ0) is 13.7. The number of aldehydes is 1. The van der Waals surface area contributed by atoms with Gasteiger partial charge in [0.15, 0.2) is 0 Å². The molecule has 1 aromatic heterocycles. The van der Waals surface area contributed by atoms with E-state index in [0.717, 1.165) is 11.8 Å². The molecule has 0 N–H and O–H groups in total. The number of aryl methyl sites for hydroxylation is 2. The number of carbonyl (C=O) groups excluding carboxylic acids is 1. The SMILES string of the molecule is Cc1cc(/C=C/C=C/c2ccc(C=O)cc2)sc1C. The van der Waals surface area contributed by atoms with Crippen molar-refractivity contribution >= 4 is 29.8 Å². The molecule has 19 heavy (non-hydrogen) atoms. The Morgan fingerprint density at radius 1 is 0.947 bits per heavy atom. The van der Waals surface area contributed by atoms with Crippen LogP contribution >= 0.6 is 11.3 Å². The van der Waals surface area contributed by atoms with Crippen molar-refractivity contribution in [2.75, 3.05) is 0 Å². The lowest BCUT2D eigenvalue weighted by molar-refractivity contribution is 0.112. The van der Waals surface area contributed by atoms with E-state index in [1.165, 1.54) is 15.3 Å². The van der Waals surface area contributed by atoms with Crippen LogP contribution in [0.3, 0.4) is 0 Å². The van der Waals surface area contributed by atoms with Gasteiger partial charge < -0.3 is 0 Å². The van der Waals surface area contributed by atoms with Crippen LogP contribution in [0.15, 0.2) is 42.5 Å². The fourth-order valence-electron chi connectivity index (χ4n) is 1.69. The van der Waals surface area contributed by atoms with Crippen LogP contribution in [-0.2, 0) is 0 Å². The predicted molar refractivity (Wildman–Crippen MR) is 83.7 cm³/mol. The van der Waals surface area contributed by atoms with Gasteiger partial charge in [-0.2, -0.15) is 0 Å². The summed E-state index contributed by atoms with van der Waals surface area (Å²) < 4.78 is 0. The third-order valence-electron chi connectivity index (χ3n) is 2.92. The molecule has 0 aliphatic rings. The highest BCUT2D eigenvalue weighted by Gasteiger charge is 1.96. The van der Waals surface area contributed by atoms with E-state index in [4.69, 9.17) is 0 Å². The maximum Gasteiger partial charge on any atom is 0.150 e. The molecule has 1 aromatic carbocycles. The summed E-state index contributed by atoms with van der Waals surface area (Å²) in [4.78, 5) is 13.2. The Morgan fingerprint density at radius 2 is 1.58 bits per heavy atom. The van der Waals surface area contributed by atoms with Gasteiger partial charge in [-0.1, -0.05) is 42.5 Å². The number of benzene rings is 1. The van der Waals surface area contributed by atoms with Gasteiger partial charge in [-0.15, -0.1) is 11.3 Å². The largest absolute Gasteiger partial charge is 0.298 e. The molecule has 0 unspecified atom stereocenters. The standard InChI is InChI=1S/C17H16OS/c1-13-11-17(19-14(13)2)6-4-3-5-15-7-9-16(12-18)10-8-15/h3-12H,1-2H3/b5-3+,6-4+. The third kappa shape index (κ3) is 3.76. The van der Waals surface area contributed by atoms with Gasteiger partial charge in [0.2, 0.25) is 0 Å². The fourth-order valence-corrected chi connectivity index (χ4v) is 2.64. The summed E-state index contributed by atoms with van der Waals surface area (Å²) in [7, 11) is 0. The lowest BCUT2D eigenvalue weighted by Crippen LogP contribution is -1.78. The Balaban J connectivity index is 2.00. The molecule has 1 heterocycles. The van der Waals surface area contributed by atoms with Gasteiger partial charge in [0.1, 0.15) is 6.29 Å². The molecule has 0 saturated carbocycles. The minimum atomic E-state index is 0.706. The molecule has 0 amide bonds. The van der Waals surface area contributed by atoms with Gasteiger partial charge >= 0.3 is 0 Å². The van der Waals surface area contributed by atoms with Gasteiger partial charge in [0.25, 0.3) is 0 Å². The Hall–Kier alpha value is -1.93. The van der Waals surface area contributed by atoms with Crippen LogP contribution in [0, 0.1) is 13.8 Å². The lowest BCUT2D eigenvalue weighted by Gasteiger charge is -1.92. The summed E-state index contributed by atoms with van der Waals surface area (Å²) in [6, 6.07) is 9.72. The van der Waals surface area contributed by atoms with Crippen molar-refractivity contribution in [3.63, 3.8) is 0 Å². The zero-order valence-electron chi connectivity index (χ0n) is 11.1. The quantitative estimate of drug-likeness (QED) is 0.569. The summed E-state index contributed by atoms with van der Waals surface area (Å²) in [5, 5.41) is 0. The van der Waals surface area contributed by atoms with Crippen molar-refractivity contribution in [3.05, 3.63) is 68.9 Å². The molecule has 2 rings (SSSR count). The van der Waals surface area contributed by atoms with Crippen molar-refractivity contribution in [1.29, 1.82) is 0 Å². The van der Waals surface area contributed by atoms with Crippen LogP contribution in [0.2, 0.25) is 0 Å².